The Labute approximate surface area is 83.2 Å². The zero-order chi connectivity index (χ0) is 9.42. The van der Waals surface area contributed by atoms with Crippen molar-refractivity contribution in [3.63, 3.8) is 0 Å². The second-order valence-electron chi connectivity index (χ2n) is 3.45. The first kappa shape index (κ1) is 8.79. The first-order valence-corrected chi connectivity index (χ1v) is 4.80. The molecule has 0 bridgehead atoms. The average molecular weight is 194 g/mol. The van der Waals surface area contributed by atoms with E-state index < -0.39 is 0 Å². The molecule has 0 saturated heterocycles. The molecule has 68 valence electrons. The molecule has 1 aliphatic rings. The standard InChI is InChI=1S/C11H12ClN/c1-7(13)10-4-2-8-6-9(12)3-5-11(8)10/h3-7H,2,13H2,1H3. The second-order valence-corrected chi connectivity index (χ2v) is 3.89. The van der Waals surface area contributed by atoms with E-state index in [1.807, 2.05) is 19.1 Å². The Balaban J connectivity index is 2.45. The van der Waals surface area contributed by atoms with Crippen LogP contribution in [0, 0.1) is 0 Å². The van der Waals surface area contributed by atoms with Gasteiger partial charge in [-0.25, -0.2) is 0 Å². The van der Waals surface area contributed by atoms with Crippen molar-refractivity contribution in [2.75, 3.05) is 0 Å². The lowest BCUT2D eigenvalue weighted by atomic mass is 10.0. The van der Waals surface area contributed by atoms with Crippen molar-refractivity contribution in [3.05, 3.63) is 40.4 Å². The van der Waals surface area contributed by atoms with Gasteiger partial charge in [-0.3, -0.25) is 0 Å². The van der Waals surface area contributed by atoms with Crippen LogP contribution in [0.4, 0.5) is 0 Å². The van der Waals surface area contributed by atoms with Gasteiger partial charge in [-0.05, 0) is 42.2 Å². The molecule has 2 rings (SSSR count). The van der Waals surface area contributed by atoms with E-state index in [4.69, 9.17) is 17.3 Å². The number of allylic oxidation sites excluding steroid dienone is 1. The van der Waals surface area contributed by atoms with Gasteiger partial charge in [0.25, 0.3) is 0 Å². The Kier molecular flexibility index (Phi) is 2.14. The van der Waals surface area contributed by atoms with Crippen molar-refractivity contribution in [2.24, 2.45) is 5.73 Å². The summed E-state index contributed by atoms with van der Waals surface area (Å²) in [4.78, 5) is 0. The van der Waals surface area contributed by atoms with Gasteiger partial charge < -0.3 is 5.73 Å². The predicted octanol–water partition coefficient (Wildman–Crippen LogP) is 2.63. The average Bonchev–Trinajstić information content (AvgIpc) is 2.46. The van der Waals surface area contributed by atoms with Gasteiger partial charge in [-0.2, -0.15) is 0 Å². The van der Waals surface area contributed by atoms with Gasteiger partial charge in [-0.15, -0.1) is 0 Å². The number of hydrogen-bond acceptors (Lipinski definition) is 1. The Bertz CT molecular complexity index is 366. The van der Waals surface area contributed by atoms with Crippen molar-refractivity contribution in [1.29, 1.82) is 0 Å². The number of fused-ring (bicyclic) bond motifs is 1. The molecule has 1 nitrogen and oxygen atoms in total. The first-order valence-electron chi connectivity index (χ1n) is 4.43. The molecule has 0 aliphatic heterocycles. The molecule has 0 aromatic heterocycles. The summed E-state index contributed by atoms with van der Waals surface area (Å²) in [5.41, 5.74) is 9.65. The van der Waals surface area contributed by atoms with E-state index in [9.17, 15) is 0 Å². The Hall–Kier alpha value is -0.790. The highest BCUT2D eigenvalue weighted by atomic mass is 35.5. The van der Waals surface area contributed by atoms with Crippen LogP contribution in [-0.2, 0) is 6.42 Å². The monoisotopic (exact) mass is 193 g/mol. The molecule has 0 saturated carbocycles. The lowest BCUT2D eigenvalue weighted by Gasteiger charge is -2.09. The van der Waals surface area contributed by atoms with Gasteiger partial charge in [0.2, 0.25) is 0 Å². The molecule has 2 N–H and O–H groups in total. The lowest BCUT2D eigenvalue weighted by Crippen LogP contribution is -2.15. The zero-order valence-corrected chi connectivity index (χ0v) is 8.31. The zero-order valence-electron chi connectivity index (χ0n) is 7.55. The van der Waals surface area contributed by atoms with Crippen LogP contribution in [0.2, 0.25) is 5.02 Å². The maximum absolute atomic E-state index is 5.90. The Morgan fingerprint density at radius 1 is 1.46 bits per heavy atom. The van der Waals surface area contributed by atoms with E-state index in [-0.39, 0.29) is 6.04 Å². The highest BCUT2D eigenvalue weighted by Gasteiger charge is 2.16. The Morgan fingerprint density at radius 3 is 2.92 bits per heavy atom. The quantitative estimate of drug-likeness (QED) is 0.729. The van der Waals surface area contributed by atoms with Crippen LogP contribution in [0.3, 0.4) is 0 Å². The highest BCUT2D eigenvalue weighted by molar-refractivity contribution is 6.30. The number of rotatable bonds is 1. The maximum Gasteiger partial charge on any atom is 0.0409 e. The predicted molar refractivity (Wildman–Crippen MR) is 56.8 cm³/mol. The van der Waals surface area contributed by atoms with Crippen LogP contribution in [0.25, 0.3) is 5.57 Å². The minimum atomic E-state index is 0.113. The van der Waals surface area contributed by atoms with Gasteiger partial charge in [-0.1, -0.05) is 23.7 Å². The summed E-state index contributed by atoms with van der Waals surface area (Å²) in [6, 6.07) is 6.10. The van der Waals surface area contributed by atoms with E-state index >= 15 is 0 Å². The molecular formula is C11H12ClN. The van der Waals surface area contributed by atoms with Crippen LogP contribution >= 0.6 is 11.6 Å². The highest BCUT2D eigenvalue weighted by Crippen LogP contribution is 2.30. The summed E-state index contributed by atoms with van der Waals surface area (Å²) < 4.78 is 0. The Morgan fingerprint density at radius 2 is 2.23 bits per heavy atom. The van der Waals surface area contributed by atoms with Crippen molar-refractivity contribution in [1.82, 2.24) is 0 Å². The van der Waals surface area contributed by atoms with Gasteiger partial charge in [0, 0.05) is 11.1 Å². The molecule has 1 aromatic rings. The third-order valence-corrected chi connectivity index (χ3v) is 2.65. The van der Waals surface area contributed by atoms with Crippen molar-refractivity contribution in [3.8, 4) is 0 Å². The molecule has 13 heavy (non-hydrogen) atoms. The molecule has 1 aliphatic carbocycles. The smallest absolute Gasteiger partial charge is 0.0409 e. The van der Waals surface area contributed by atoms with Crippen LogP contribution in [0.1, 0.15) is 18.1 Å². The number of halogens is 1. The van der Waals surface area contributed by atoms with E-state index in [0.29, 0.717) is 0 Å². The fourth-order valence-corrected chi connectivity index (χ4v) is 1.97. The summed E-state index contributed by atoms with van der Waals surface area (Å²) in [7, 11) is 0. The summed E-state index contributed by atoms with van der Waals surface area (Å²) in [6.07, 6.45) is 3.15. The fourth-order valence-electron chi connectivity index (χ4n) is 1.77. The molecule has 0 spiro atoms. The summed E-state index contributed by atoms with van der Waals surface area (Å²) in [5, 5.41) is 0.804. The molecule has 1 aromatic carbocycles. The molecule has 0 heterocycles. The van der Waals surface area contributed by atoms with Gasteiger partial charge in [0.15, 0.2) is 0 Å². The van der Waals surface area contributed by atoms with E-state index in [0.717, 1.165) is 11.4 Å². The van der Waals surface area contributed by atoms with Crippen LogP contribution in [0.15, 0.2) is 24.3 Å². The molecule has 1 atom stereocenters. The van der Waals surface area contributed by atoms with Crippen molar-refractivity contribution < 1.29 is 0 Å². The number of benzene rings is 1. The summed E-state index contributed by atoms with van der Waals surface area (Å²) in [6.45, 7) is 2.01. The van der Waals surface area contributed by atoms with E-state index in [1.165, 1.54) is 16.7 Å². The topological polar surface area (TPSA) is 26.0 Å². The van der Waals surface area contributed by atoms with Crippen LogP contribution < -0.4 is 5.73 Å². The van der Waals surface area contributed by atoms with Crippen LogP contribution in [0.5, 0.6) is 0 Å². The normalized spacial score (nSPS) is 16.7. The largest absolute Gasteiger partial charge is 0.324 e. The third-order valence-electron chi connectivity index (χ3n) is 2.41. The van der Waals surface area contributed by atoms with Crippen LogP contribution in [-0.4, -0.2) is 6.04 Å². The molecule has 0 amide bonds. The fraction of sp³-hybridized carbons (Fsp3) is 0.273. The summed E-state index contributed by atoms with van der Waals surface area (Å²) in [5.74, 6) is 0. The van der Waals surface area contributed by atoms with E-state index in [1.54, 1.807) is 0 Å². The number of hydrogen-bond donors (Lipinski definition) is 1. The third kappa shape index (κ3) is 1.50. The minimum absolute atomic E-state index is 0.113. The second kappa shape index (κ2) is 3.17. The van der Waals surface area contributed by atoms with Gasteiger partial charge in [0.05, 0.1) is 0 Å². The van der Waals surface area contributed by atoms with Crippen molar-refractivity contribution in [2.45, 2.75) is 19.4 Å². The molecule has 0 fully saturated rings. The maximum atomic E-state index is 5.90. The van der Waals surface area contributed by atoms with Crippen molar-refractivity contribution >= 4 is 17.2 Å². The van der Waals surface area contributed by atoms with Gasteiger partial charge >= 0.3 is 0 Å². The lowest BCUT2D eigenvalue weighted by molar-refractivity contribution is 0.949. The molecule has 0 radical (unpaired) electrons. The molecule has 1 unspecified atom stereocenters. The minimum Gasteiger partial charge on any atom is -0.324 e. The van der Waals surface area contributed by atoms with Gasteiger partial charge in [0.1, 0.15) is 0 Å². The first-order chi connectivity index (χ1) is 6.18. The molecule has 2 heteroatoms. The summed E-state index contributed by atoms with van der Waals surface area (Å²) >= 11 is 5.90. The SMILES string of the molecule is CC(N)C1=CCc2cc(Cl)ccc21. The number of nitrogens with two attached hydrogens (primary N) is 1. The molecular weight excluding hydrogens is 182 g/mol. The van der Waals surface area contributed by atoms with E-state index in [2.05, 4.69) is 12.1 Å².